The van der Waals surface area contributed by atoms with Gasteiger partial charge in [0.15, 0.2) is 0 Å². The summed E-state index contributed by atoms with van der Waals surface area (Å²) in [7, 11) is 1.58. The van der Waals surface area contributed by atoms with Crippen molar-refractivity contribution in [3.8, 4) is 11.5 Å². The second-order valence-corrected chi connectivity index (χ2v) is 9.41. The fourth-order valence-corrected chi connectivity index (χ4v) is 4.65. The quantitative estimate of drug-likeness (QED) is 0.220. The molecule has 0 radical (unpaired) electrons. The number of hydrogen-bond donors (Lipinski definition) is 1. The largest absolute Gasteiger partial charge is 0.496 e. The Labute approximate surface area is 219 Å². The monoisotopic (exact) mass is 499 g/mol. The Kier molecular flexibility index (Phi) is 9.19. The first-order chi connectivity index (χ1) is 18.1. The third-order valence-electron chi connectivity index (χ3n) is 6.56. The average molecular weight is 500 g/mol. The Bertz CT molecular complexity index is 1330. The molecular weight excluding hydrogens is 462 g/mol. The molecule has 4 rings (SSSR count). The van der Waals surface area contributed by atoms with E-state index in [4.69, 9.17) is 14.5 Å². The summed E-state index contributed by atoms with van der Waals surface area (Å²) in [5.74, 6) is 2.57. The third kappa shape index (κ3) is 6.91. The normalized spacial score (nSPS) is 11.0. The van der Waals surface area contributed by atoms with Crippen molar-refractivity contribution in [3.63, 3.8) is 0 Å². The molecule has 0 unspecified atom stereocenters. The molecule has 0 bridgehead atoms. The molecule has 0 fully saturated rings. The van der Waals surface area contributed by atoms with E-state index in [1.54, 1.807) is 19.2 Å². The van der Waals surface area contributed by atoms with Crippen molar-refractivity contribution in [3.05, 3.63) is 89.2 Å². The molecule has 0 atom stereocenters. The van der Waals surface area contributed by atoms with E-state index in [-0.39, 0.29) is 5.91 Å². The number of rotatable bonds is 13. The molecule has 1 heterocycles. The van der Waals surface area contributed by atoms with Gasteiger partial charge < -0.3 is 19.4 Å². The maximum absolute atomic E-state index is 12.5. The van der Waals surface area contributed by atoms with Gasteiger partial charge in [0.25, 0.3) is 5.91 Å². The molecule has 37 heavy (non-hydrogen) atoms. The zero-order chi connectivity index (χ0) is 26.0. The third-order valence-corrected chi connectivity index (χ3v) is 6.56. The van der Waals surface area contributed by atoms with Crippen molar-refractivity contribution in [2.75, 3.05) is 20.3 Å². The Morgan fingerprint density at radius 3 is 2.57 bits per heavy atom. The summed E-state index contributed by atoms with van der Waals surface area (Å²) in [4.78, 5) is 17.4. The number of amides is 1. The van der Waals surface area contributed by atoms with E-state index in [1.807, 2.05) is 18.2 Å². The number of nitrogens with zero attached hydrogens (tertiary/aromatic N) is 2. The van der Waals surface area contributed by atoms with E-state index < -0.39 is 0 Å². The second-order valence-electron chi connectivity index (χ2n) is 9.41. The Hall–Kier alpha value is -3.80. The van der Waals surface area contributed by atoms with Crippen molar-refractivity contribution in [1.82, 2.24) is 14.9 Å². The zero-order valence-corrected chi connectivity index (χ0v) is 22.1. The highest BCUT2D eigenvalue weighted by molar-refractivity contribution is 5.96. The van der Waals surface area contributed by atoms with Gasteiger partial charge in [-0.1, -0.05) is 48.4 Å². The number of hydrogen-bond acceptors (Lipinski definition) is 4. The van der Waals surface area contributed by atoms with E-state index in [9.17, 15) is 4.79 Å². The van der Waals surface area contributed by atoms with Crippen LogP contribution in [-0.4, -0.2) is 35.7 Å². The fourth-order valence-electron chi connectivity index (χ4n) is 4.65. The molecule has 1 aromatic heterocycles. The van der Waals surface area contributed by atoms with Crippen LogP contribution in [0.15, 0.2) is 66.7 Å². The van der Waals surface area contributed by atoms with E-state index in [0.717, 1.165) is 55.7 Å². The molecular formula is C31H37N3O3. The first-order valence-corrected chi connectivity index (χ1v) is 13.1. The number of carbonyl (C=O) groups is 1. The lowest BCUT2D eigenvalue weighted by molar-refractivity contribution is 0.0950. The van der Waals surface area contributed by atoms with Gasteiger partial charge in [-0.15, -0.1) is 0 Å². The minimum absolute atomic E-state index is 0.0951. The maximum Gasteiger partial charge on any atom is 0.255 e. The lowest BCUT2D eigenvalue weighted by Gasteiger charge is -2.12. The number of unbranched alkanes of at least 4 members (excludes halogenated alkanes) is 2. The first-order valence-electron chi connectivity index (χ1n) is 13.1. The van der Waals surface area contributed by atoms with Crippen LogP contribution in [-0.2, 0) is 13.0 Å². The summed E-state index contributed by atoms with van der Waals surface area (Å²) >= 11 is 0. The molecule has 0 saturated heterocycles. The summed E-state index contributed by atoms with van der Waals surface area (Å²) in [6.45, 7) is 6.37. The highest BCUT2D eigenvalue weighted by Crippen LogP contribution is 2.21. The topological polar surface area (TPSA) is 65.4 Å². The van der Waals surface area contributed by atoms with E-state index in [0.29, 0.717) is 24.5 Å². The van der Waals surface area contributed by atoms with Gasteiger partial charge in [-0.25, -0.2) is 4.98 Å². The lowest BCUT2D eigenvalue weighted by atomic mass is 10.1. The average Bonchev–Trinajstić information content (AvgIpc) is 3.26. The van der Waals surface area contributed by atoms with Crippen LogP contribution in [0.4, 0.5) is 0 Å². The Morgan fingerprint density at radius 1 is 0.919 bits per heavy atom. The van der Waals surface area contributed by atoms with Gasteiger partial charge in [-0.2, -0.15) is 0 Å². The smallest absolute Gasteiger partial charge is 0.255 e. The van der Waals surface area contributed by atoms with Gasteiger partial charge in [0, 0.05) is 19.5 Å². The molecule has 0 aliphatic heterocycles. The first kappa shape index (κ1) is 26.3. The Balaban J connectivity index is 1.25. The molecule has 1 amide bonds. The fraction of sp³-hybridized carbons (Fsp3) is 0.355. The van der Waals surface area contributed by atoms with Crippen LogP contribution < -0.4 is 14.8 Å². The molecule has 1 N–H and O–H groups in total. The molecule has 0 spiro atoms. The standard InChI is InChI=1S/C31H37N3O3/c1-23-17-18-28(24(2)22-23)37-21-11-20-34-27-14-8-7-13-26(27)33-30(34)16-5-4-10-19-32-31(35)25-12-6-9-15-29(25)36-3/h6-9,12-15,17-18,22H,4-5,10-11,16,19-21H2,1-3H3,(H,32,35). The highest BCUT2D eigenvalue weighted by atomic mass is 16.5. The van der Waals surface area contributed by atoms with Crippen molar-refractivity contribution in [2.24, 2.45) is 0 Å². The number of ether oxygens (including phenoxy) is 2. The number of para-hydroxylation sites is 3. The van der Waals surface area contributed by atoms with Crippen LogP contribution in [0, 0.1) is 13.8 Å². The van der Waals surface area contributed by atoms with Crippen LogP contribution in [0.1, 0.15) is 53.0 Å². The van der Waals surface area contributed by atoms with Crippen molar-refractivity contribution < 1.29 is 14.3 Å². The van der Waals surface area contributed by atoms with Crippen molar-refractivity contribution >= 4 is 16.9 Å². The maximum atomic E-state index is 12.5. The van der Waals surface area contributed by atoms with Gasteiger partial charge >= 0.3 is 0 Å². The molecule has 3 aromatic carbocycles. The minimum atomic E-state index is -0.0951. The van der Waals surface area contributed by atoms with E-state index >= 15 is 0 Å². The number of methoxy groups -OCH3 is 1. The Morgan fingerprint density at radius 2 is 1.73 bits per heavy atom. The molecule has 4 aromatic rings. The highest BCUT2D eigenvalue weighted by Gasteiger charge is 2.12. The van der Waals surface area contributed by atoms with E-state index in [1.165, 1.54) is 16.6 Å². The molecule has 0 aliphatic carbocycles. The minimum Gasteiger partial charge on any atom is -0.496 e. The van der Waals surface area contributed by atoms with E-state index in [2.05, 4.69) is 60.1 Å². The predicted molar refractivity (Wildman–Crippen MR) is 149 cm³/mol. The second kappa shape index (κ2) is 12.9. The van der Waals surface area contributed by atoms with Gasteiger partial charge in [-0.05, 0) is 69.0 Å². The van der Waals surface area contributed by atoms with Gasteiger partial charge in [-0.3, -0.25) is 4.79 Å². The number of nitrogens with one attached hydrogen (secondary N) is 1. The molecule has 0 saturated carbocycles. The van der Waals surface area contributed by atoms with Crippen LogP contribution in [0.25, 0.3) is 11.0 Å². The van der Waals surface area contributed by atoms with Crippen molar-refractivity contribution in [1.29, 1.82) is 0 Å². The number of imidazole rings is 1. The van der Waals surface area contributed by atoms with Crippen LogP contribution in [0.2, 0.25) is 0 Å². The molecule has 194 valence electrons. The SMILES string of the molecule is COc1ccccc1C(=O)NCCCCCc1nc2ccccc2n1CCCOc1ccc(C)cc1C. The zero-order valence-electron chi connectivity index (χ0n) is 22.1. The molecule has 6 heteroatoms. The van der Waals surface area contributed by atoms with Crippen LogP contribution in [0.5, 0.6) is 11.5 Å². The predicted octanol–water partition coefficient (Wildman–Crippen LogP) is 6.27. The number of aryl methyl sites for hydroxylation is 4. The van der Waals surface area contributed by atoms with Crippen LogP contribution >= 0.6 is 0 Å². The summed E-state index contributed by atoms with van der Waals surface area (Å²) in [6, 6.07) is 21.9. The number of carbonyl (C=O) groups excluding carboxylic acids is 1. The summed E-state index contributed by atoms with van der Waals surface area (Å²) in [5, 5.41) is 3.01. The summed E-state index contributed by atoms with van der Waals surface area (Å²) in [6.07, 6.45) is 4.78. The van der Waals surface area contributed by atoms with Gasteiger partial charge in [0.2, 0.25) is 0 Å². The van der Waals surface area contributed by atoms with Gasteiger partial charge in [0.05, 0.1) is 30.3 Å². The molecule has 6 nitrogen and oxygen atoms in total. The van der Waals surface area contributed by atoms with Crippen LogP contribution in [0.3, 0.4) is 0 Å². The van der Waals surface area contributed by atoms with Crippen molar-refractivity contribution in [2.45, 2.75) is 52.5 Å². The molecule has 0 aliphatic rings. The summed E-state index contributed by atoms with van der Waals surface area (Å²) in [5.41, 5.74) is 5.20. The van der Waals surface area contributed by atoms with Gasteiger partial charge in [0.1, 0.15) is 17.3 Å². The number of aromatic nitrogens is 2. The number of fused-ring (bicyclic) bond motifs is 1. The summed E-state index contributed by atoms with van der Waals surface area (Å²) < 4.78 is 13.7. The number of benzene rings is 3. The lowest BCUT2D eigenvalue weighted by Crippen LogP contribution is -2.24.